The highest BCUT2D eigenvalue weighted by Gasteiger charge is 2.32. The molecule has 0 heterocycles. The number of ether oxygens (including phenoxy) is 1. The first-order chi connectivity index (χ1) is 9.78. The van der Waals surface area contributed by atoms with Crippen molar-refractivity contribution in [1.29, 1.82) is 0 Å². The molecule has 0 radical (unpaired) electrons. The van der Waals surface area contributed by atoms with E-state index < -0.39 is 0 Å². The van der Waals surface area contributed by atoms with Crippen LogP contribution in [0.4, 0.5) is 0 Å². The maximum Gasteiger partial charge on any atom is 0.118 e. The molecule has 2 heteroatoms. The van der Waals surface area contributed by atoms with E-state index in [1.165, 1.54) is 57.1 Å². The molecule has 0 unspecified atom stereocenters. The maximum atomic E-state index is 5.22. The van der Waals surface area contributed by atoms with Gasteiger partial charge in [-0.05, 0) is 68.3 Å². The summed E-state index contributed by atoms with van der Waals surface area (Å²) >= 11 is 0. The van der Waals surface area contributed by atoms with E-state index in [1.54, 1.807) is 7.11 Å². The molecule has 0 spiro atoms. The topological polar surface area (TPSA) is 21.3 Å². The number of hydrogen-bond donors (Lipinski definition) is 1. The second-order valence-corrected chi connectivity index (χ2v) is 6.16. The van der Waals surface area contributed by atoms with Crippen molar-refractivity contribution in [1.82, 2.24) is 5.32 Å². The van der Waals surface area contributed by atoms with Gasteiger partial charge in [-0.2, -0.15) is 0 Å². The van der Waals surface area contributed by atoms with Gasteiger partial charge in [0.15, 0.2) is 0 Å². The molecule has 0 aromatic heterocycles. The molecule has 1 aliphatic carbocycles. The van der Waals surface area contributed by atoms with Gasteiger partial charge in [0.2, 0.25) is 0 Å². The molecule has 2 nitrogen and oxygen atoms in total. The molecular formula is C18H29NO. The third-order valence-electron chi connectivity index (χ3n) is 4.85. The van der Waals surface area contributed by atoms with Crippen LogP contribution in [0.1, 0.15) is 51.0 Å². The highest BCUT2D eigenvalue weighted by atomic mass is 16.5. The van der Waals surface area contributed by atoms with E-state index in [4.69, 9.17) is 4.74 Å². The van der Waals surface area contributed by atoms with Gasteiger partial charge in [0.05, 0.1) is 7.11 Å². The van der Waals surface area contributed by atoms with Gasteiger partial charge in [0.25, 0.3) is 0 Å². The normalized spacial score (nSPS) is 17.3. The van der Waals surface area contributed by atoms with Crippen LogP contribution in [0.15, 0.2) is 24.3 Å². The van der Waals surface area contributed by atoms with Crippen molar-refractivity contribution in [2.75, 3.05) is 20.2 Å². The fraction of sp³-hybridized carbons (Fsp3) is 0.667. The molecule has 0 atom stereocenters. The third-order valence-corrected chi connectivity index (χ3v) is 4.85. The van der Waals surface area contributed by atoms with Crippen LogP contribution in [0.3, 0.4) is 0 Å². The second-order valence-electron chi connectivity index (χ2n) is 6.16. The summed E-state index contributed by atoms with van der Waals surface area (Å²) in [5.41, 5.74) is 2.04. The van der Waals surface area contributed by atoms with Gasteiger partial charge in [-0.25, -0.2) is 0 Å². The molecule has 1 aromatic rings. The van der Waals surface area contributed by atoms with Crippen LogP contribution in [0.2, 0.25) is 0 Å². The Morgan fingerprint density at radius 2 is 1.80 bits per heavy atom. The van der Waals surface area contributed by atoms with E-state index in [0.29, 0.717) is 5.41 Å². The summed E-state index contributed by atoms with van der Waals surface area (Å²) in [7, 11) is 1.73. The van der Waals surface area contributed by atoms with Crippen LogP contribution < -0.4 is 10.1 Å². The molecular weight excluding hydrogens is 246 g/mol. The number of aryl methyl sites for hydroxylation is 1. The summed E-state index contributed by atoms with van der Waals surface area (Å²) in [5.74, 6) is 0.955. The summed E-state index contributed by atoms with van der Waals surface area (Å²) in [4.78, 5) is 0. The minimum absolute atomic E-state index is 0.599. The Morgan fingerprint density at radius 3 is 2.40 bits per heavy atom. The lowest BCUT2D eigenvalue weighted by Crippen LogP contribution is -2.25. The zero-order chi connectivity index (χ0) is 14.3. The lowest BCUT2D eigenvalue weighted by molar-refractivity contribution is 0.246. The first-order valence-electron chi connectivity index (χ1n) is 8.12. The fourth-order valence-corrected chi connectivity index (χ4v) is 3.48. The van der Waals surface area contributed by atoms with Crippen molar-refractivity contribution in [2.45, 2.75) is 51.9 Å². The predicted molar refractivity (Wildman–Crippen MR) is 85.4 cm³/mol. The van der Waals surface area contributed by atoms with Gasteiger partial charge in [-0.1, -0.05) is 31.9 Å². The van der Waals surface area contributed by atoms with Gasteiger partial charge in [-0.3, -0.25) is 0 Å². The summed E-state index contributed by atoms with van der Waals surface area (Å²) < 4.78 is 5.22. The minimum atomic E-state index is 0.599. The molecule has 20 heavy (non-hydrogen) atoms. The molecule has 112 valence electrons. The molecule has 0 aliphatic heterocycles. The summed E-state index contributed by atoms with van der Waals surface area (Å²) in [5, 5.41) is 3.50. The third kappa shape index (κ3) is 4.24. The monoisotopic (exact) mass is 275 g/mol. The van der Waals surface area contributed by atoms with Gasteiger partial charge in [0, 0.05) is 0 Å². The lowest BCUT2D eigenvalue weighted by Gasteiger charge is -2.29. The number of benzene rings is 1. The number of nitrogens with one attached hydrogen (secondary N) is 1. The SMILES string of the molecule is CCNCCC1(CCc2ccc(OC)cc2)CCCC1. The first-order valence-corrected chi connectivity index (χ1v) is 8.12. The van der Waals surface area contributed by atoms with Crippen LogP contribution in [0, 0.1) is 5.41 Å². The van der Waals surface area contributed by atoms with E-state index in [2.05, 4.69) is 36.5 Å². The number of hydrogen-bond acceptors (Lipinski definition) is 2. The molecule has 0 saturated heterocycles. The smallest absolute Gasteiger partial charge is 0.118 e. The molecule has 0 amide bonds. The lowest BCUT2D eigenvalue weighted by atomic mass is 9.77. The Morgan fingerprint density at radius 1 is 1.10 bits per heavy atom. The molecule has 1 saturated carbocycles. The van der Waals surface area contributed by atoms with Crippen LogP contribution >= 0.6 is 0 Å². The van der Waals surface area contributed by atoms with E-state index in [-0.39, 0.29) is 0 Å². The van der Waals surface area contributed by atoms with E-state index in [0.717, 1.165) is 12.3 Å². The average Bonchev–Trinajstić information content (AvgIpc) is 2.95. The van der Waals surface area contributed by atoms with E-state index >= 15 is 0 Å². The standard InChI is InChI=1S/C18H29NO/c1-3-19-15-14-18(11-4-5-12-18)13-10-16-6-8-17(20-2)9-7-16/h6-9,19H,3-5,10-15H2,1-2H3. The van der Waals surface area contributed by atoms with Crippen molar-refractivity contribution in [3.8, 4) is 5.75 Å². The second kappa shape index (κ2) is 7.68. The van der Waals surface area contributed by atoms with E-state index in [1.807, 2.05) is 0 Å². The van der Waals surface area contributed by atoms with E-state index in [9.17, 15) is 0 Å². The molecule has 2 rings (SSSR count). The summed E-state index contributed by atoms with van der Waals surface area (Å²) in [6.07, 6.45) is 9.59. The van der Waals surface area contributed by atoms with Crippen LogP contribution in [-0.4, -0.2) is 20.2 Å². The highest BCUT2D eigenvalue weighted by Crippen LogP contribution is 2.44. The largest absolute Gasteiger partial charge is 0.497 e. The maximum absolute atomic E-state index is 5.22. The minimum Gasteiger partial charge on any atom is -0.497 e. The van der Waals surface area contributed by atoms with Gasteiger partial charge >= 0.3 is 0 Å². The Hall–Kier alpha value is -1.02. The zero-order valence-electron chi connectivity index (χ0n) is 13.1. The fourth-order valence-electron chi connectivity index (χ4n) is 3.48. The first kappa shape index (κ1) is 15.4. The Labute approximate surface area is 123 Å². The van der Waals surface area contributed by atoms with Gasteiger partial charge in [-0.15, -0.1) is 0 Å². The number of methoxy groups -OCH3 is 1. The van der Waals surface area contributed by atoms with Crippen molar-refractivity contribution in [3.05, 3.63) is 29.8 Å². The van der Waals surface area contributed by atoms with Crippen molar-refractivity contribution in [2.24, 2.45) is 5.41 Å². The Balaban J connectivity index is 1.87. The zero-order valence-corrected chi connectivity index (χ0v) is 13.1. The van der Waals surface area contributed by atoms with Crippen LogP contribution in [0.5, 0.6) is 5.75 Å². The predicted octanol–water partition coefficient (Wildman–Crippen LogP) is 4.19. The van der Waals surface area contributed by atoms with Crippen molar-refractivity contribution < 1.29 is 4.74 Å². The summed E-state index contributed by atoms with van der Waals surface area (Å²) in [6, 6.07) is 8.59. The highest BCUT2D eigenvalue weighted by molar-refractivity contribution is 5.27. The van der Waals surface area contributed by atoms with Crippen LogP contribution in [-0.2, 0) is 6.42 Å². The molecule has 1 aromatic carbocycles. The van der Waals surface area contributed by atoms with Gasteiger partial charge < -0.3 is 10.1 Å². The molecule has 1 aliphatic rings. The Kier molecular flexibility index (Phi) is 5.90. The molecule has 0 bridgehead atoms. The van der Waals surface area contributed by atoms with Crippen molar-refractivity contribution >= 4 is 0 Å². The number of rotatable bonds is 8. The van der Waals surface area contributed by atoms with Crippen LogP contribution in [0.25, 0.3) is 0 Å². The molecule has 1 fully saturated rings. The molecule has 1 N–H and O–H groups in total. The average molecular weight is 275 g/mol. The van der Waals surface area contributed by atoms with Gasteiger partial charge in [0.1, 0.15) is 5.75 Å². The van der Waals surface area contributed by atoms with Crippen molar-refractivity contribution in [3.63, 3.8) is 0 Å². The summed E-state index contributed by atoms with van der Waals surface area (Å²) in [6.45, 7) is 4.46. The Bertz CT molecular complexity index is 379. The quantitative estimate of drug-likeness (QED) is 0.718.